The largest absolute Gasteiger partial charge is 0.345 e. The van der Waals surface area contributed by atoms with Crippen molar-refractivity contribution in [3.05, 3.63) is 78.1 Å². The van der Waals surface area contributed by atoms with E-state index in [4.69, 9.17) is 0 Å². The van der Waals surface area contributed by atoms with Crippen LogP contribution in [0.3, 0.4) is 0 Å². The minimum atomic E-state index is -3.56. The Bertz CT molecular complexity index is 1330. The summed E-state index contributed by atoms with van der Waals surface area (Å²) in [5, 5.41) is 0.525. The Hall–Kier alpha value is -3.59. The smallest absolute Gasteiger partial charge is 0.229 e. The number of aromatic amines is 1. The molecule has 0 saturated carbocycles. The molecule has 0 unspecified atom stereocenters. The number of nitrogens with one attached hydrogen (secondary N) is 2. The zero-order valence-electron chi connectivity index (χ0n) is 15.2. The molecule has 0 spiro atoms. The first-order valence-corrected chi connectivity index (χ1v) is 10.4. The van der Waals surface area contributed by atoms with Crippen molar-refractivity contribution in [2.24, 2.45) is 0 Å². The maximum absolute atomic E-state index is 14.4. The van der Waals surface area contributed by atoms with E-state index >= 15 is 0 Å². The van der Waals surface area contributed by atoms with E-state index < -0.39 is 21.6 Å². The van der Waals surface area contributed by atoms with E-state index in [9.17, 15) is 17.6 Å². The molecule has 9 heteroatoms. The van der Waals surface area contributed by atoms with E-state index in [-0.39, 0.29) is 16.8 Å². The molecule has 0 aliphatic rings. The Morgan fingerprint density at radius 3 is 2.66 bits per heavy atom. The fourth-order valence-corrected chi connectivity index (χ4v) is 3.56. The van der Waals surface area contributed by atoms with Gasteiger partial charge in [0.1, 0.15) is 11.5 Å². The summed E-state index contributed by atoms with van der Waals surface area (Å²) in [6.45, 7) is 0. The maximum atomic E-state index is 14.4. The van der Waals surface area contributed by atoms with Gasteiger partial charge in [-0.3, -0.25) is 14.5 Å². The highest BCUT2D eigenvalue weighted by molar-refractivity contribution is 7.92. The number of ketones is 1. The van der Waals surface area contributed by atoms with Gasteiger partial charge in [0.15, 0.2) is 5.78 Å². The highest BCUT2D eigenvalue weighted by Crippen LogP contribution is 2.27. The molecular weight excluding hydrogens is 395 g/mol. The Balaban J connectivity index is 1.79. The second-order valence-electron chi connectivity index (χ2n) is 6.46. The van der Waals surface area contributed by atoms with Crippen LogP contribution in [-0.4, -0.2) is 35.4 Å². The van der Waals surface area contributed by atoms with Gasteiger partial charge >= 0.3 is 0 Å². The van der Waals surface area contributed by atoms with Crippen molar-refractivity contribution in [1.82, 2.24) is 15.0 Å². The number of H-pyrrole nitrogens is 1. The normalized spacial score (nSPS) is 11.5. The molecule has 3 aromatic heterocycles. The van der Waals surface area contributed by atoms with Crippen molar-refractivity contribution in [1.29, 1.82) is 0 Å². The molecule has 1 aromatic carbocycles. The number of sulfonamides is 1. The molecule has 146 valence electrons. The number of hydrogen-bond acceptors (Lipinski definition) is 5. The number of aromatic nitrogens is 3. The lowest BCUT2D eigenvalue weighted by atomic mass is 10.0. The van der Waals surface area contributed by atoms with E-state index in [0.29, 0.717) is 11.0 Å². The van der Waals surface area contributed by atoms with Gasteiger partial charge < -0.3 is 4.98 Å². The van der Waals surface area contributed by atoms with E-state index in [1.165, 1.54) is 18.3 Å². The lowest BCUT2D eigenvalue weighted by molar-refractivity contribution is 0.103. The molecule has 7 nitrogen and oxygen atoms in total. The SMILES string of the molecule is CS(=O)(=O)Nc1ccc(F)c(C(=O)c2c[nH]c3ncc(-c4cccnc4)cc23)c1. The summed E-state index contributed by atoms with van der Waals surface area (Å²) in [5.74, 6) is -1.34. The third-order valence-corrected chi connectivity index (χ3v) is 4.89. The topological polar surface area (TPSA) is 105 Å². The Labute approximate surface area is 165 Å². The van der Waals surface area contributed by atoms with Gasteiger partial charge in [-0.25, -0.2) is 17.8 Å². The van der Waals surface area contributed by atoms with Gasteiger partial charge in [0.05, 0.1) is 11.8 Å². The summed E-state index contributed by atoms with van der Waals surface area (Å²) < 4.78 is 39.5. The molecule has 29 heavy (non-hydrogen) atoms. The second-order valence-corrected chi connectivity index (χ2v) is 8.21. The van der Waals surface area contributed by atoms with Gasteiger partial charge in [-0.1, -0.05) is 6.07 Å². The lowest BCUT2D eigenvalue weighted by Crippen LogP contribution is -2.11. The monoisotopic (exact) mass is 410 g/mol. The van der Waals surface area contributed by atoms with Crippen LogP contribution in [0.25, 0.3) is 22.2 Å². The van der Waals surface area contributed by atoms with Crippen molar-refractivity contribution in [3.8, 4) is 11.1 Å². The van der Waals surface area contributed by atoms with Crippen molar-refractivity contribution >= 4 is 32.5 Å². The second kappa shape index (κ2) is 7.10. The molecule has 0 bridgehead atoms. The van der Waals surface area contributed by atoms with Gasteiger partial charge in [-0.05, 0) is 30.3 Å². The Morgan fingerprint density at radius 1 is 1.10 bits per heavy atom. The number of nitrogens with zero attached hydrogens (tertiary/aromatic N) is 2. The van der Waals surface area contributed by atoms with Crippen LogP contribution in [0, 0.1) is 5.82 Å². The number of carbonyl (C=O) groups excluding carboxylic acids is 1. The number of fused-ring (bicyclic) bond motifs is 1. The molecular formula is C20H15FN4O3S. The van der Waals surface area contributed by atoms with E-state index in [1.807, 2.05) is 6.07 Å². The number of anilines is 1. The van der Waals surface area contributed by atoms with Crippen LogP contribution >= 0.6 is 0 Å². The van der Waals surface area contributed by atoms with Crippen LogP contribution < -0.4 is 4.72 Å². The van der Waals surface area contributed by atoms with Crippen molar-refractivity contribution in [2.45, 2.75) is 0 Å². The van der Waals surface area contributed by atoms with Crippen LogP contribution in [0.5, 0.6) is 0 Å². The molecule has 3 heterocycles. The van der Waals surface area contributed by atoms with Crippen LogP contribution in [0.1, 0.15) is 15.9 Å². The summed E-state index contributed by atoms with van der Waals surface area (Å²) in [6.07, 6.45) is 7.42. The zero-order chi connectivity index (χ0) is 20.6. The van der Waals surface area contributed by atoms with Gasteiger partial charge in [0, 0.05) is 52.6 Å². The van der Waals surface area contributed by atoms with Crippen LogP contribution in [0.2, 0.25) is 0 Å². The number of hydrogen-bond donors (Lipinski definition) is 2. The zero-order valence-corrected chi connectivity index (χ0v) is 16.0. The first-order valence-electron chi connectivity index (χ1n) is 8.51. The van der Waals surface area contributed by atoms with Gasteiger partial charge in [0.25, 0.3) is 0 Å². The molecule has 4 aromatic rings. The molecule has 0 aliphatic heterocycles. The van der Waals surface area contributed by atoms with Crippen molar-refractivity contribution < 1.29 is 17.6 Å². The molecule has 0 atom stereocenters. The molecule has 2 N–H and O–H groups in total. The molecule has 0 saturated heterocycles. The average Bonchev–Trinajstić information content (AvgIpc) is 3.12. The molecule has 4 rings (SSSR count). The molecule has 0 radical (unpaired) electrons. The maximum Gasteiger partial charge on any atom is 0.229 e. The number of benzene rings is 1. The fraction of sp³-hybridized carbons (Fsp3) is 0.0500. The fourth-order valence-electron chi connectivity index (χ4n) is 3.00. The molecule has 0 aliphatic carbocycles. The first kappa shape index (κ1) is 18.8. The first-order chi connectivity index (χ1) is 13.8. The van der Waals surface area contributed by atoms with Gasteiger partial charge in [0.2, 0.25) is 10.0 Å². The minimum Gasteiger partial charge on any atom is -0.345 e. The highest BCUT2D eigenvalue weighted by atomic mass is 32.2. The minimum absolute atomic E-state index is 0.103. The van der Waals surface area contributed by atoms with Crippen molar-refractivity contribution in [2.75, 3.05) is 11.0 Å². The lowest BCUT2D eigenvalue weighted by Gasteiger charge is -2.07. The summed E-state index contributed by atoms with van der Waals surface area (Å²) in [4.78, 5) is 24.3. The summed E-state index contributed by atoms with van der Waals surface area (Å²) >= 11 is 0. The van der Waals surface area contributed by atoms with Crippen LogP contribution in [-0.2, 0) is 10.0 Å². The summed E-state index contributed by atoms with van der Waals surface area (Å²) in [6, 6.07) is 8.91. The standard InChI is InChI=1S/C20H15FN4O3S/c1-29(27,28)25-14-4-5-18(21)16(8-14)19(26)17-11-24-20-15(17)7-13(10-23-20)12-3-2-6-22-9-12/h2-11,25H,1H3,(H,23,24). The molecule has 0 amide bonds. The van der Waals surface area contributed by atoms with Gasteiger partial charge in [-0.15, -0.1) is 0 Å². The van der Waals surface area contributed by atoms with Gasteiger partial charge in [-0.2, -0.15) is 0 Å². The third-order valence-electron chi connectivity index (χ3n) is 4.28. The number of halogens is 1. The quantitative estimate of drug-likeness (QED) is 0.491. The molecule has 0 fully saturated rings. The number of rotatable bonds is 5. The average molecular weight is 410 g/mol. The Morgan fingerprint density at radius 2 is 1.93 bits per heavy atom. The van der Waals surface area contributed by atoms with E-state index in [0.717, 1.165) is 23.4 Å². The predicted octanol–water partition coefficient (Wildman–Crippen LogP) is 3.37. The van der Waals surface area contributed by atoms with E-state index in [1.54, 1.807) is 30.7 Å². The third kappa shape index (κ3) is 3.85. The summed E-state index contributed by atoms with van der Waals surface area (Å²) in [5.41, 5.74) is 2.15. The summed E-state index contributed by atoms with van der Waals surface area (Å²) in [7, 11) is -3.56. The predicted molar refractivity (Wildman–Crippen MR) is 108 cm³/mol. The van der Waals surface area contributed by atoms with Crippen molar-refractivity contribution in [3.63, 3.8) is 0 Å². The Kier molecular flexibility index (Phi) is 4.59. The number of carbonyl (C=O) groups is 1. The van der Waals surface area contributed by atoms with E-state index in [2.05, 4.69) is 19.7 Å². The highest BCUT2D eigenvalue weighted by Gasteiger charge is 2.20. The number of pyridine rings is 2. The van der Waals surface area contributed by atoms with Crippen LogP contribution in [0.4, 0.5) is 10.1 Å². The van der Waals surface area contributed by atoms with Crippen LogP contribution in [0.15, 0.2) is 61.2 Å².